The van der Waals surface area contributed by atoms with E-state index >= 15 is 0 Å². The molecule has 1 aliphatic carbocycles. The second-order valence-electron chi connectivity index (χ2n) is 6.88. The number of imidazole rings is 1. The van der Waals surface area contributed by atoms with Gasteiger partial charge in [0.05, 0.1) is 18.9 Å². The Bertz CT molecular complexity index is 696. The number of nitrogens with two attached hydrogens (primary N) is 1. The zero-order chi connectivity index (χ0) is 17.8. The number of aliphatic hydroxyl groups excluding tert-OH is 1. The van der Waals surface area contributed by atoms with Crippen LogP contribution in [0.25, 0.3) is 5.52 Å². The van der Waals surface area contributed by atoms with E-state index in [-0.39, 0.29) is 12.1 Å². The highest BCUT2D eigenvalue weighted by atomic mass is 35.5. The van der Waals surface area contributed by atoms with Crippen molar-refractivity contribution >= 4 is 23.1 Å². The van der Waals surface area contributed by atoms with Crippen molar-refractivity contribution in [3.8, 4) is 0 Å². The molecule has 8 heteroatoms. The molecule has 1 aliphatic heterocycles. The molecule has 3 heterocycles. The first-order chi connectivity index (χ1) is 12.1. The van der Waals surface area contributed by atoms with Crippen molar-refractivity contribution < 1.29 is 9.84 Å². The summed E-state index contributed by atoms with van der Waals surface area (Å²) in [5, 5.41) is 13.5. The van der Waals surface area contributed by atoms with Crippen molar-refractivity contribution in [3.63, 3.8) is 0 Å². The molecule has 0 aromatic carbocycles. The van der Waals surface area contributed by atoms with Gasteiger partial charge in [0.25, 0.3) is 0 Å². The van der Waals surface area contributed by atoms with E-state index in [1.54, 1.807) is 10.7 Å². The Morgan fingerprint density at radius 2 is 2.08 bits per heavy atom. The van der Waals surface area contributed by atoms with Crippen molar-refractivity contribution in [2.75, 3.05) is 18.9 Å². The minimum atomic E-state index is -0.186. The van der Waals surface area contributed by atoms with Gasteiger partial charge in [0.2, 0.25) is 5.95 Å². The van der Waals surface area contributed by atoms with Gasteiger partial charge in [-0.05, 0) is 31.6 Å². The van der Waals surface area contributed by atoms with Crippen molar-refractivity contribution in [2.45, 2.75) is 57.5 Å². The van der Waals surface area contributed by atoms with Gasteiger partial charge in [0.1, 0.15) is 11.3 Å². The van der Waals surface area contributed by atoms with E-state index in [2.05, 4.69) is 22.0 Å². The SMILES string of the molecule is CC(c1nc(Cl)c2cnc(N)nn12)C1CCCC1.OC1CCCOC1. The van der Waals surface area contributed by atoms with Crippen LogP contribution in [0, 0.1) is 5.92 Å². The zero-order valence-electron chi connectivity index (χ0n) is 14.6. The molecular weight excluding hydrogens is 342 g/mol. The van der Waals surface area contributed by atoms with Gasteiger partial charge in [0, 0.05) is 12.5 Å². The van der Waals surface area contributed by atoms with Crippen molar-refractivity contribution in [1.29, 1.82) is 0 Å². The topological polar surface area (TPSA) is 98.6 Å². The maximum Gasteiger partial charge on any atom is 0.238 e. The van der Waals surface area contributed by atoms with Gasteiger partial charge in [-0.25, -0.2) is 14.5 Å². The van der Waals surface area contributed by atoms with Crippen LogP contribution in [-0.2, 0) is 4.74 Å². The number of nitrogens with zero attached hydrogens (tertiary/aromatic N) is 4. The molecule has 2 atom stereocenters. The van der Waals surface area contributed by atoms with Crippen LogP contribution in [-0.4, -0.2) is 44.0 Å². The van der Waals surface area contributed by atoms with Crippen molar-refractivity contribution in [2.24, 2.45) is 5.92 Å². The van der Waals surface area contributed by atoms with Crippen molar-refractivity contribution in [3.05, 3.63) is 17.2 Å². The summed E-state index contributed by atoms with van der Waals surface area (Å²) in [6.07, 6.45) is 8.51. The number of rotatable bonds is 2. The highest BCUT2D eigenvalue weighted by molar-refractivity contribution is 6.32. The summed E-state index contributed by atoms with van der Waals surface area (Å²) in [7, 11) is 0. The first-order valence-electron chi connectivity index (χ1n) is 8.98. The molecule has 25 heavy (non-hydrogen) atoms. The molecule has 2 unspecified atom stereocenters. The molecule has 2 aromatic heterocycles. The van der Waals surface area contributed by atoms with Gasteiger partial charge < -0.3 is 15.6 Å². The van der Waals surface area contributed by atoms with Crippen LogP contribution < -0.4 is 5.73 Å². The molecule has 3 N–H and O–H groups in total. The third-order valence-corrected chi connectivity index (χ3v) is 5.32. The molecule has 4 rings (SSSR count). The second-order valence-corrected chi connectivity index (χ2v) is 7.24. The number of nitrogen functional groups attached to an aromatic ring is 1. The largest absolute Gasteiger partial charge is 0.391 e. The van der Waals surface area contributed by atoms with E-state index in [1.165, 1.54) is 25.7 Å². The lowest BCUT2D eigenvalue weighted by atomic mass is 9.92. The van der Waals surface area contributed by atoms with Crippen LogP contribution in [0.1, 0.15) is 57.2 Å². The Balaban J connectivity index is 0.000000219. The fourth-order valence-corrected chi connectivity index (χ4v) is 3.79. The summed E-state index contributed by atoms with van der Waals surface area (Å²) in [4.78, 5) is 8.41. The Morgan fingerprint density at radius 3 is 2.68 bits per heavy atom. The lowest BCUT2D eigenvalue weighted by Crippen LogP contribution is -2.21. The number of halogens is 1. The maximum absolute atomic E-state index is 8.78. The molecule has 2 fully saturated rings. The average Bonchev–Trinajstić information content (AvgIpc) is 3.24. The van der Waals surface area contributed by atoms with Crippen LogP contribution in [0.3, 0.4) is 0 Å². The number of hydrogen-bond donors (Lipinski definition) is 2. The summed E-state index contributed by atoms with van der Waals surface area (Å²) in [5.74, 6) is 2.16. The number of ether oxygens (including phenoxy) is 1. The zero-order valence-corrected chi connectivity index (χ0v) is 15.3. The lowest BCUT2D eigenvalue weighted by molar-refractivity contribution is -0.00535. The van der Waals surface area contributed by atoms with Crippen LogP contribution in [0.4, 0.5) is 5.95 Å². The van der Waals surface area contributed by atoms with Crippen molar-refractivity contribution in [1.82, 2.24) is 19.6 Å². The van der Waals surface area contributed by atoms with E-state index in [9.17, 15) is 0 Å². The minimum Gasteiger partial charge on any atom is -0.391 e. The van der Waals surface area contributed by atoms with E-state index in [0.717, 1.165) is 30.8 Å². The fraction of sp³-hybridized carbons (Fsp3) is 0.706. The maximum atomic E-state index is 8.78. The van der Waals surface area contributed by atoms with E-state index < -0.39 is 0 Å². The summed E-state index contributed by atoms with van der Waals surface area (Å²) >= 11 is 6.13. The van der Waals surface area contributed by atoms with Crippen LogP contribution in [0.5, 0.6) is 0 Å². The molecule has 0 amide bonds. The van der Waals surface area contributed by atoms with Gasteiger partial charge in [0.15, 0.2) is 5.15 Å². The quantitative estimate of drug-likeness (QED) is 0.846. The standard InChI is InChI=1S/C12H16ClN5.C5H10O2/c1-7(8-4-2-3-5-8)11-16-10(13)9-6-15-12(14)17-18(9)11;6-5-2-1-3-7-4-5/h6-8H,2-5H2,1H3,(H2,14,17);5-6H,1-4H2. The van der Waals surface area contributed by atoms with Crippen LogP contribution in [0.2, 0.25) is 5.15 Å². The van der Waals surface area contributed by atoms with Gasteiger partial charge >= 0.3 is 0 Å². The molecule has 1 saturated carbocycles. The number of hydrogen-bond acceptors (Lipinski definition) is 6. The highest BCUT2D eigenvalue weighted by Gasteiger charge is 2.27. The molecule has 0 bridgehead atoms. The van der Waals surface area contributed by atoms with Crippen LogP contribution in [0.15, 0.2) is 6.20 Å². The first kappa shape index (κ1) is 18.4. The Hall–Kier alpha value is -1.44. The third-order valence-electron chi connectivity index (χ3n) is 5.04. The van der Waals surface area contributed by atoms with Crippen LogP contribution >= 0.6 is 11.6 Å². The molecule has 138 valence electrons. The molecule has 2 aromatic rings. The van der Waals surface area contributed by atoms with E-state index in [0.29, 0.717) is 23.6 Å². The third kappa shape index (κ3) is 4.40. The van der Waals surface area contributed by atoms with Gasteiger partial charge in [-0.1, -0.05) is 31.4 Å². The smallest absolute Gasteiger partial charge is 0.238 e. The number of aliphatic hydroxyl groups is 1. The fourth-order valence-electron chi connectivity index (χ4n) is 3.57. The first-order valence-corrected chi connectivity index (χ1v) is 9.36. The van der Waals surface area contributed by atoms with Gasteiger partial charge in [-0.15, -0.1) is 5.10 Å². The number of fused-ring (bicyclic) bond motifs is 1. The molecule has 1 saturated heterocycles. The molecular formula is C17H26ClN5O2. The molecule has 0 radical (unpaired) electrons. The van der Waals surface area contributed by atoms with E-state index in [1.807, 2.05) is 0 Å². The second kappa shape index (κ2) is 8.29. The summed E-state index contributed by atoms with van der Waals surface area (Å²) in [6.45, 7) is 3.57. The monoisotopic (exact) mass is 367 g/mol. The molecule has 2 aliphatic rings. The lowest BCUT2D eigenvalue weighted by Gasteiger charge is -2.16. The number of aromatic nitrogens is 4. The Kier molecular flexibility index (Phi) is 6.09. The summed E-state index contributed by atoms with van der Waals surface area (Å²) in [6, 6.07) is 0. The summed E-state index contributed by atoms with van der Waals surface area (Å²) in [5.41, 5.74) is 6.37. The Morgan fingerprint density at radius 1 is 1.32 bits per heavy atom. The number of anilines is 1. The van der Waals surface area contributed by atoms with Gasteiger partial charge in [-0.2, -0.15) is 0 Å². The average molecular weight is 368 g/mol. The summed E-state index contributed by atoms with van der Waals surface area (Å²) < 4.78 is 6.68. The predicted molar refractivity (Wildman–Crippen MR) is 96.6 cm³/mol. The minimum absolute atomic E-state index is 0.186. The van der Waals surface area contributed by atoms with E-state index in [4.69, 9.17) is 27.2 Å². The normalized spacial score (nSPS) is 22.6. The molecule has 0 spiro atoms. The van der Waals surface area contributed by atoms with Gasteiger partial charge in [-0.3, -0.25) is 0 Å². The molecule has 7 nitrogen and oxygen atoms in total. The predicted octanol–water partition coefficient (Wildman–Crippen LogP) is 2.81. The highest BCUT2D eigenvalue weighted by Crippen LogP contribution is 2.37. The Labute approximate surface area is 152 Å².